The third kappa shape index (κ3) is 8.47. The van der Waals surface area contributed by atoms with Gasteiger partial charge in [0.05, 0.1) is 34.0 Å². The molecule has 1 unspecified atom stereocenters. The number of hydrogen-bond acceptors (Lipinski definition) is 7. The first-order valence-electron chi connectivity index (χ1n) is 10.9. The van der Waals surface area contributed by atoms with E-state index in [9.17, 15) is 4.79 Å². The van der Waals surface area contributed by atoms with E-state index in [0.29, 0.717) is 23.3 Å². The van der Waals surface area contributed by atoms with Gasteiger partial charge < -0.3 is 34.1 Å². The molecule has 8 heteroatoms. The van der Waals surface area contributed by atoms with Gasteiger partial charge in [-0.1, -0.05) is 25.1 Å². The van der Waals surface area contributed by atoms with Gasteiger partial charge in [0, 0.05) is 19.2 Å². The minimum atomic E-state index is -1.05. The number of benzene rings is 2. The summed E-state index contributed by atoms with van der Waals surface area (Å²) in [5.74, 6) is 0.949. The van der Waals surface area contributed by atoms with E-state index in [1.54, 1.807) is 7.11 Å². The summed E-state index contributed by atoms with van der Waals surface area (Å²) >= 11 is 0. The Kier molecular flexibility index (Phi) is 12.7. The minimum Gasteiger partial charge on any atom is -0.496 e. The molecule has 0 amide bonds. The second-order valence-electron chi connectivity index (χ2n) is 7.29. The molecular formula is C25H37NO7. The van der Waals surface area contributed by atoms with Crippen molar-refractivity contribution in [2.75, 3.05) is 48.1 Å². The summed E-state index contributed by atoms with van der Waals surface area (Å²) in [4.78, 5) is 13.2. The number of aliphatic hydroxyl groups excluding tert-OH is 1. The zero-order valence-electron chi connectivity index (χ0n) is 20.5. The zero-order valence-corrected chi connectivity index (χ0v) is 20.5. The fraction of sp³-hybridized carbons (Fsp3) is 0.480. The Morgan fingerprint density at radius 2 is 1.55 bits per heavy atom. The van der Waals surface area contributed by atoms with Crippen LogP contribution in [0.5, 0.6) is 23.0 Å². The molecule has 2 aromatic carbocycles. The molecule has 0 heterocycles. The molecule has 0 bridgehead atoms. The highest BCUT2D eigenvalue weighted by molar-refractivity contribution is 5.89. The van der Waals surface area contributed by atoms with Gasteiger partial charge in [-0.25, -0.2) is 4.79 Å². The molecule has 184 valence electrons. The highest BCUT2D eigenvalue weighted by Crippen LogP contribution is 2.38. The number of aromatic carboxylic acids is 1. The molecule has 0 aliphatic heterocycles. The van der Waals surface area contributed by atoms with Crippen LogP contribution in [-0.4, -0.2) is 75.3 Å². The van der Waals surface area contributed by atoms with Crippen LogP contribution in [0.4, 0.5) is 0 Å². The number of nitrogens with zero attached hydrogens (tertiary/aromatic N) is 1. The highest BCUT2D eigenvalue weighted by atomic mass is 16.5. The molecule has 0 saturated carbocycles. The molecule has 1 atom stereocenters. The molecule has 0 aliphatic rings. The number of carboxylic acids is 1. The standard InChI is InChI=1S/C15H25NO2.C10H12O5/c1-4-16(10-7-11-17)13(2)12-14-8-5-6-9-15(14)18-3;1-13-7-4-6(10(11)12)5-8(14-2)9(7)15-3/h5-6,8-9,13,17H,4,7,10-12H2,1-3H3;4-5H,1-3H3,(H,11,12). The van der Waals surface area contributed by atoms with E-state index in [4.69, 9.17) is 29.2 Å². The molecule has 0 aromatic heterocycles. The van der Waals surface area contributed by atoms with E-state index in [1.807, 2.05) is 12.1 Å². The molecule has 33 heavy (non-hydrogen) atoms. The van der Waals surface area contributed by atoms with Gasteiger partial charge in [-0.05, 0) is 50.1 Å². The molecule has 8 nitrogen and oxygen atoms in total. The van der Waals surface area contributed by atoms with Crippen molar-refractivity contribution < 1.29 is 34.0 Å². The Hall–Kier alpha value is -2.97. The topological polar surface area (TPSA) is 97.7 Å². The summed E-state index contributed by atoms with van der Waals surface area (Å²) in [7, 11) is 6.04. The normalized spacial score (nSPS) is 11.3. The number of para-hydroxylation sites is 1. The lowest BCUT2D eigenvalue weighted by Gasteiger charge is -2.28. The number of carbonyl (C=O) groups is 1. The van der Waals surface area contributed by atoms with Crippen LogP contribution in [0.15, 0.2) is 36.4 Å². The minimum absolute atomic E-state index is 0.0875. The van der Waals surface area contributed by atoms with Crippen LogP contribution in [0.3, 0.4) is 0 Å². The van der Waals surface area contributed by atoms with Gasteiger partial charge in [0.15, 0.2) is 11.5 Å². The molecule has 2 rings (SSSR count). The van der Waals surface area contributed by atoms with Gasteiger partial charge in [-0.3, -0.25) is 0 Å². The molecule has 2 N–H and O–H groups in total. The number of likely N-dealkylation sites (N-methyl/N-ethyl adjacent to an activating group) is 1. The first-order valence-corrected chi connectivity index (χ1v) is 10.9. The SMILES string of the molecule is CCN(CCCO)C(C)Cc1ccccc1OC.COc1cc(C(=O)O)cc(OC)c1OC. The van der Waals surface area contributed by atoms with Crippen molar-refractivity contribution in [3.05, 3.63) is 47.5 Å². The maximum absolute atomic E-state index is 10.8. The summed E-state index contributed by atoms with van der Waals surface area (Å²) < 4.78 is 20.4. The van der Waals surface area contributed by atoms with Crippen LogP contribution in [-0.2, 0) is 6.42 Å². The van der Waals surface area contributed by atoms with Crippen molar-refractivity contribution in [2.24, 2.45) is 0 Å². The highest BCUT2D eigenvalue weighted by Gasteiger charge is 2.16. The zero-order chi connectivity index (χ0) is 24.8. The first-order chi connectivity index (χ1) is 15.9. The Bertz CT molecular complexity index is 831. The number of ether oxygens (including phenoxy) is 4. The largest absolute Gasteiger partial charge is 0.496 e. The summed E-state index contributed by atoms with van der Waals surface area (Å²) in [5, 5.41) is 17.8. The first kappa shape index (κ1) is 28.1. The van der Waals surface area contributed by atoms with E-state index in [-0.39, 0.29) is 12.2 Å². The van der Waals surface area contributed by atoms with Crippen LogP contribution in [0.1, 0.15) is 36.2 Å². The van der Waals surface area contributed by atoms with Gasteiger partial charge in [-0.15, -0.1) is 0 Å². The average Bonchev–Trinajstić information content (AvgIpc) is 2.84. The Morgan fingerprint density at radius 3 is 2.00 bits per heavy atom. The quantitative estimate of drug-likeness (QED) is 0.491. The molecule has 0 aliphatic carbocycles. The van der Waals surface area contributed by atoms with E-state index >= 15 is 0 Å². The monoisotopic (exact) mass is 463 g/mol. The predicted molar refractivity (Wildman–Crippen MR) is 128 cm³/mol. The van der Waals surface area contributed by atoms with Crippen molar-refractivity contribution >= 4 is 5.97 Å². The smallest absolute Gasteiger partial charge is 0.335 e. The van der Waals surface area contributed by atoms with Crippen molar-refractivity contribution in [1.82, 2.24) is 4.90 Å². The number of carboxylic acid groups (broad SMARTS) is 1. The van der Waals surface area contributed by atoms with Crippen LogP contribution in [0.25, 0.3) is 0 Å². The Morgan fingerprint density at radius 1 is 0.970 bits per heavy atom. The van der Waals surface area contributed by atoms with E-state index in [0.717, 1.165) is 31.7 Å². The van der Waals surface area contributed by atoms with Gasteiger partial charge in [0.1, 0.15) is 5.75 Å². The number of methoxy groups -OCH3 is 4. The van der Waals surface area contributed by atoms with Crippen LogP contribution < -0.4 is 18.9 Å². The van der Waals surface area contributed by atoms with Crippen molar-refractivity contribution in [3.63, 3.8) is 0 Å². The Balaban J connectivity index is 0.000000335. The van der Waals surface area contributed by atoms with Gasteiger partial charge in [0.2, 0.25) is 5.75 Å². The van der Waals surface area contributed by atoms with Gasteiger partial charge in [0.25, 0.3) is 0 Å². The number of hydrogen-bond donors (Lipinski definition) is 2. The number of aliphatic hydroxyl groups is 1. The maximum atomic E-state index is 10.8. The number of rotatable bonds is 12. The summed E-state index contributed by atoms with van der Waals surface area (Å²) in [6.45, 7) is 6.61. The summed E-state index contributed by atoms with van der Waals surface area (Å²) in [6.07, 6.45) is 1.81. The second-order valence-corrected chi connectivity index (χ2v) is 7.29. The molecular weight excluding hydrogens is 426 g/mol. The third-order valence-corrected chi connectivity index (χ3v) is 5.25. The van der Waals surface area contributed by atoms with Gasteiger partial charge in [-0.2, -0.15) is 0 Å². The Labute approximate surface area is 196 Å². The maximum Gasteiger partial charge on any atom is 0.335 e. The predicted octanol–water partition coefficient (Wildman–Crippen LogP) is 3.74. The summed E-state index contributed by atoms with van der Waals surface area (Å²) in [6, 6.07) is 11.4. The van der Waals surface area contributed by atoms with Crippen LogP contribution >= 0.6 is 0 Å². The van der Waals surface area contributed by atoms with E-state index < -0.39 is 5.97 Å². The van der Waals surface area contributed by atoms with Gasteiger partial charge >= 0.3 is 5.97 Å². The fourth-order valence-electron chi connectivity index (χ4n) is 3.49. The van der Waals surface area contributed by atoms with Crippen molar-refractivity contribution in [3.8, 4) is 23.0 Å². The van der Waals surface area contributed by atoms with E-state index in [1.165, 1.54) is 39.0 Å². The molecule has 2 aromatic rings. The van der Waals surface area contributed by atoms with Crippen LogP contribution in [0.2, 0.25) is 0 Å². The molecule has 0 saturated heterocycles. The van der Waals surface area contributed by atoms with Crippen LogP contribution in [0, 0.1) is 0 Å². The fourth-order valence-corrected chi connectivity index (χ4v) is 3.49. The average molecular weight is 464 g/mol. The molecule has 0 spiro atoms. The third-order valence-electron chi connectivity index (χ3n) is 5.25. The lowest BCUT2D eigenvalue weighted by atomic mass is 10.0. The summed E-state index contributed by atoms with van der Waals surface area (Å²) in [5.41, 5.74) is 1.33. The van der Waals surface area contributed by atoms with E-state index in [2.05, 4.69) is 30.9 Å². The van der Waals surface area contributed by atoms with Crippen molar-refractivity contribution in [1.29, 1.82) is 0 Å². The molecule has 0 radical (unpaired) electrons. The van der Waals surface area contributed by atoms with Crippen molar-refractivity contribution in [2.45, 2.75) is 32.7 Å². The molecule has 0 fully saturated rings. The second kappa shape index (κ2) is 15.0. The lowest BCUT2D eigenvalue weighted by molar-refractivity contribution is 0.0696. The lowest BCUT2D eigenvalue weighted by Crippen LogP contribution is -2.35.